The Bertz CT molecular complexity index is 691. The van der Waals surface area contributed by atoms with Gasteiger partial charge in [0.25, 0.3) is 0 Å². The van der Waals surface area contributed by atoms with Crippen LogP contribution in [0, 0.1) is 6.92 Å². The van der Waals surface area contributed by atoms with E-state index in [1.807, 2.05) is 18.5 Å². The molecule has 2 aromatic rings. The Morgan fingerprint density at radius 1 is 0.920 bits per heavy atom. The molecule has 0 aromatic carbocycles. The lowest BCUT2D eigenvalue weighted by Crippen LogP contribution is -2.39. The molecule has 0 atom stereocenters. The van der Waals surface area contributed by atoms with Gasteiger partial charge in [0.2, 0.25) is 5.95 Å². The molecule has 2 aliphatic heterocycles. The highest BCUT2D eigenvalue weighted by atomic mass is 16.5. The van der Waals surface area contributed by atoms with Crippen molar-refractivity contribution < 1.29 is 9.47 Å². The number of aryl methyl sites for hydroxylation is 1. The molecule has 4 rings (SSSR count). The van der Waals surface area contributed by atoms with Crippen molar-refractivity contribution in [1.82, 2.24) is 15.0 Å². The van der Waals surface area contributed by atoms with E-state index >= 15 is 0 Å². The van der Waals surface area contributed by atoms with Crippen LogP contribution in [0.15, 0.2) is 24.5 Å². The third-order valence-electron chi connectivity index (χ3n) is 4.64. The van der Waals surface area contributed by atoms with Crippen molar-refractivity contribution in [3.63, 3.8) is 0 Å². The molecule has 0 radical (unpaired) electrons. The molecule has 2 aromatic heterocycles. The maximum absolute atomic E-state index is 5.48. The molecule has 132 valence electrons. The number of nitrogens with zero attached hydrogens (tertiary/aromatic N) is 5. The minimum atomic E-state index is 0.715. The second-order valence-corrected chi connectivity index (χ2v) is 6.30. The molecule has 4 heterocycles. The lowest BCUT2D eigenvalue weighted by Gasteiger charge is -2.31. The van der Waals surface area contributed by atoms with E-state index < -0.39 is 0 Å². The van der Waals surface area contributed by atoms with Crippen LogP contribution in [0.25, 0.3) is 11.3 Å². The van der Waals surface area contributed by atoms with Crippen molar-refractivity contribution in [3.05, 3.63) is 30.1 Å². The number of hydrogen-bond acceptors (Lipinski definition) is 7. The molecule has 0 unspecified atom stereocenters. The highest BCUT2D eigenvalue weighted by Crippen LogP contribution is 2.27. The predicted octanol–water partition coefficient (Wildman–Crippen LogP) is 1.52. The summed E-state index contributed by atoms with van der Waals surface area (Å²) in [6.45, 7) is 8.32. The Balaban J connectivity index is 1.75. The highest BCUT2D eigenvalue weighted by molar-refractivity contribution is 5.67. The number of morpholine rings is 2. The fourth-order valence-electron chi connectivity index (χ4n) is 3.15. The Morgan fingerprint density at radius 3 is 2.28 bits per heavy atom. The van der Waals surface area contributed by atoms with Crippen molar-refractivity contribution in [2.45, 2.75) is 6.92 Å². The zero-order valence-corrected chi connectivity index (χ0v) is 14.5. The molecule has 2 saturated heterocycles. The van der Waals surface area contributed by atoms with E-state index in [4.69, 9.17) is 19.4 Å². The van der Waals surface area contributed by atoms with Gasteiger partial charge in [-0.15, -0.1) is 0 Å². The van der Waals surface area contributed by atoms with E-state index in [2.05, 4.69) is 27.8 Å². The smallest absolute Gasteiger partial charge is 0.228 e. The summed E-state index contributed by atoms with van der Waals surface area (Å²) in [7, 11) is 0. The Morgan fingerprint density at radius 2 is 1.60 bits per heavy atom. The summed E-state index contributed by atoms with van der Waals surface area (Å²) in [5, 5.41) is 0. The summed E-state index contributed by atoms with van der Waals surface area (Å²) in [4.78, 5) is 18.4. The summed E-state index contributed by atoms with van der Waals surface area (Å²) in [6.07, 6.45) is 3.69. The predicted molar refractivity (Wildman–Crippen MR) is 96.1 cm³/mol. The number of hydrogen-bond donors (Lipinski definition) is 0. The number of rotatable bonds is 3. The van der Waals surface area contributed by atoms with Gasteiger partial charge < -0.3 is 19.3 Å². The Hall–Kier alpha value is -2.25. The minimum Gasteiger partial charge on any atom is -0.378 e. The molecular weight excluding hydrogens is 318 g/mol. The van der Waals surface area contributed by atoms with Gasteiger partial charge in [-0.05, 0) is 18.6 Å². The maximum atomic E-state index is 5.48. The maximum Gasteiger partial charge on any atom is 0.228 e. The first-order chi connectivity index (χ1) is 12.3. The molecule has 25 heavy (non-hydrogen) atoms. The first-order valence-electron chi connectivity index (χ1n) is 8.77. The van der Waals surface area contributed by atoms with Crippen molar-refractivity contribution in [3.8, 4) is 11.3 Å². The number of ether oxygens (including phenoxy) is 2. The Kier molecular flexibility index (Phi) is 4.76. The van der Waals surface area contributed by atoms with E-state index in [0.29, 0.717) is 13.2 Å². The van der Waals surface area contributed by atoms with E-state index in [9.17, 15) is 0 Å². The normalized spacial score (nSPS) is 18.4. The monoisotopic (exact) mass is 341 g/mol. The van der Waals surface area contributed by atoms with Crippen LogP contribution < -0.4 is 9.80 Å². The number of anilines is 2. The first-order valence-corrected chi connectivity index (χ1v) is 8.77. The highest BCUT2D eigenvalue weighted by Gasteiger charge is 2.20. The van der Waals surface area contributed by atoms with Gasteiger partial charge in [-0.1, -0.05) is 0 Å². The van der Waals surface area contributed by atoms with E-state index in [1.54, 1.807) is 0 Å². The molecule has 0 bridgehead atoms. The van der Waals surface area contributed by atoms with Gasteiger partial charge in [0, 0.05) is 50.2 Å². The number of aromatic nitrogens is 3. The zero-order valence-electron chi connectivity index (χ0n) is 14.5. The zero-order chi connectivity index (χ0) is 17.1. The SMILES string of the molecule is Cc1ccncc1-c1cc(N2CCOCC2)nc(N2CCOCC2)n1. The van der Waals surface area contributed by atoms with E-state index in [-0.39, 0.29) is 0 Å². The van der Waals surface area contributed by atoms with Gasteiger partial charge in [0.05, 0.1) is 32.1 Å². The van der Waals surface area contributed by atoms with Crippen LogP contribution in [-0.4, -0.2) is 67.6 Å². The molecule has 7 heteroatoms. The third-order valence-corrected chi connectivity index (χ3v) is 4.64. The van der Waals surface area contributed by atoms with Crippen LogP contribution in [0.4, 0.5) is 11.8 Å². The molecule has 2 aliphatic rings. The lowest BCUT2D eigenvalue weighted by molar-refractivity contribution is 0.121. The van der Waals surface area contributed by atoms with Gasteiger partial charge >= 0.3 is 0 Å². The second-order valence-electron chi connectivity index (χ2n) is 6.30. The van der Waals surface area contributed by atoms with Gasteiger partial charge in [-0.2, -0.15) is 4.98 Å². The third kappa shape index (κ3) is 3.57. The van der Waals surface area contributed by atoms with Crippen LogP contribution in [0.1, 0.15) is 5.56 Å². The van der Waals surface area contributed by atoms with Gasteiger partial charge in [0.1, 0.15) is 5.82 Å². The topological polar surface area (TPSA) is 63.6 Å². The second kappa shape index (κ2) is 7.33. The average Bonchev–Trinajstić information content (AvgIpc) is 2.69. The van der Waals surface area contributed by atoms with Crippen LogP contribution in [0.5, 0.6) is 0 Å². The van der Waals surface area contributed by atoms with Crippen molar-refractivity contribution in [2.24, 2.45) is 0 Å². The lowest BCUT2D eigenvalue weighted by atomic mass is 10.1. The summed E-state index contributed by atoms with van der Waals surface area (Å²) < 4.78 is 10.9. The number of pyridine rings is 1. The van der Waals surface area contributed by atoms with Crippen molar-refractivity contribution in [1.29, 1.82) is 0 Å². The molecule has 2 fully saturated rings. The van der Waals surface area contributed by atoms with Gasteiger partial charge in [-0.3, -0.25) is 4.98 Å². The van der Waals surface area contributed by atoms with Crippen molar-refractivity contribution >= 4 is 11.8 Å². The molecular formula is C18H23N5O2. The summed E-state index contributed by atoms with van der Waals surface area (Å²) in [6, 6.07) is 4.08. The molecule has 0 amide bonds. The molecule has 0 spiro atoms. The molecule has 0 N–H and O–H groups in total. The van der Waals surface area contributed by atoms with Crippen LogP contribution in [0.2, 0.25) is 0 Å². The minimum absolute atomic E-state index is 0.715. The molecule has 7 nitrogen and oxygen atoms in total. The van der Waals surface area contributed by atoms with Crippen molar-refractivity contribution in [2.75, 3.05) is 62.4 Å². The van der Waals surface area contributed by atoms with Crippen LogP contribution >= 0.6 is 0 Å². The summed E-state index contributed by atoms with van der Waals surface area (Å²) in [5.41, 5.74) is 3.13. The quantitative estimate of drug-likeness (QED) is 0.839. The average molecular weight is 341 g/mol. The molecule has 0 saturated carbocycles. The fourth-order valence-corrected chi connectivity index (χ4v) is 3.15. The van der Waals surface area contributed by atoms with Gasteiger partial charge in [-0.25, -0.2) is 4.98 Å². The van der Waals surface area contributed by atoms with Crippen LogP contribution in [-0.2, 0) is 9.47 Å². The van der Waals surface area contributed by atoms with Crippen LogP contribution in [0.3, 0.4) is 0 Å². The van der Waals surface area contributed by atoms with E-state index in [1.165, 1.54) is 0 Å². The first kappa shape index (κ1) is 16.2. The van der Waals surface area contributed by atoms with E-state index in [0.717, 1.165) is 68.0 Å². The largest absolute Gasteiger partial charge is 0.378 e. The Labute approximate surface area is 147 Å². The van der Waals surface area contributed by atoms with Gasteiger partial charge in [0.15, 0.2) is 0 Å². The molecule has 0 aliphatic carbocycles. The standard InChI is InChI=1S/C18H23N5O2/c1-14-2-3-19-13-15(14)16-12-17(22-4-8-24-9-5-22)21-18(20-16)23-6-10-25-11-7-23/h2-3,12-13H,4-11H2,1H3. The summed E-state index contributed by atoms with van der Waals surface area (Å²) in [5.74, 6) is 1.73. The fraction of sp³-hybridized carbons (Fsp3) is 0.500. The summed E-state index contributed by atoms with van der Waals surface area (Å²) >= 11 is 0.